The van der Waals surface area contributed by atoms with Crippen LogP contribution in [0.1, 0.15) is 5.56 Å². The Labute approximate surface area is 96.3 Å². The van der Waals surface area contributed by atoms with E-state index >= 15 is 0 Å². The van der Waals surface area contributed by atoms with E-state index in [1.807, 2.05) is 18.2 Å². The van der Waals surface area contributed by atoms with Gasteiger partial charge in [0.05, 0.1) is 5.75 Å². The van der Waals surface area contributed by atoms with Gasteiger partial charge in [-0.05, 0) is 30.2 Å². The fourth-order valence-corrected chi connectivity index (χ4v) is 2.76. The van der Waals surface area contributed by atoms with Crippen molar-refractivity contribution in [2.24, 2.45) is 0 Å². The maximum atomic E-state index is 10.4. The van der Waals surface area contributed by atoms with Gasteiger partial charge in [-0.2, -0.15) is 0 Å². The highest BCUT2D eigenvalue weighted by molar-refractivity contribution is 9.11. The molecular weight excluding hydrogens is 320 g/mol. The van der Waals surface area contributed by atoms with Crippen molar-refractivity contribution in [3.63, 3.8) is 0 Å². The summed E-state index contributed by atoms with van der Waals surface area (Å²) in [5, 5.41) is 0. The van der Waals surface area contributed by atoms with Crippen molar-refractivity contribution in [3.8, 4) is 0 Å². The van der Waals surface area contributed by atoms with Gasteiger partial charge in [-0.15, -0.1) is 0 Å². The molecule has 5 heteroatoms. The average molecular weight is 328 g/mol. The molecule has 0 bridgehead atoms. The van der Waals surface area contributed by atoms with Crippen molar-refractivity contribution >= 4 is 42.9 Å². The van der Waals surface area contributed by atoms with E-state index in [1.165, 1.54) is 0 Å². The Bertz CT molecular complexity index is 308. The van der Waals surface area contributed by atoms with E-state index in [1.54, 1.807) is 0 Å². The molecule has 0 radical (unpaired) electrons. The quantitative estimate of drug-likeness (QED) is 0.867. The zero-order valence-corrected chi connectivity index (χ0v) is 10.7. The maximum Gasteiger partial charge on any atom is 0.153 e. The standard InChI is InChI=1S/C8H8Br2O2S/c9-7-3-6(1-2-13(11)12)4-8(10)5-7/h3-5H,1-2H2,(H,11,12). The van der Waals surface area contributed by atoms with Crippen LogP contribution in [-0.2, 0) is 17.5 Å². The molecule has 0 aromatic heterocycles. The van der Waals surface area contributed by atoms with Crippen LogP contribution in [0.4, 0.5) is 0 Å². The van der Waals surface area contributed by atoms with Gasteiger partial charge in [0, 0.05) is 8.95 Å². The van der Waals surface area contributed by atoms with Crippen LogP contribution in [0.2, 0.25) is 0 Å². The van der Waals surface area contributed by atoms with Crippen molar-refractivity contribution in [2.45, 2.75) is 6.42 Å². The van der Waals surface area contributed by atoms with Gasteiger partial charge < -0.3 is 4.55 Å². The maximum absolute atomic E-state index is 10.4. The third-order valence-corrected chi connectivity index (χ3v) is 2.96. The molecule has 0 aliphatic rings. The Morgan fingerprint density at radius 1 is 1.23 bits per heavy atom. The highest BCUT2D eigenvalue weighted by Crippen LogP contribution is 2.20. The van der Waals surface area contributed by atoms with Crippen LogP contribution in [0.15, 0.2) is 27.1 Å². The average Bonchev–Trinajstić information content (AvgIpc) is 1.99. The highest BCUT2D eigenvalue weighted by Gasteiger charge is 1.99. The molecule has 0 spiro atoms. The van der Waals surface area contributed by atoms with E-state index in [4.69, 9.17) is 4.55 Å². The van der Waals surface area contributed by atoms with Gasteiger partial charge in [-0.3, -0.25) is 0 Å². The molecule has 0 saturated heterocycles. The summed E-state index contributed by atoms with van der Waals surface area (Å²) in [5.41, 5.74) is 1.05. The van der Waals surface area contributed by atoms with Crippen LogP contribution < -0.4 is 0 Å². The van der Waals surface area contributed by atoms with E-state index in [0.29, 0.717) is 6.42 Å². The molecule has 1 aromatic carbocycles. The lowest BCUT2D eigenvalue weighted by Crippen LogP contribution is -1.98. The van der Waals surface area contributed by atoms with E-state index in [-0.39, 0.29) is 5.75 Å². The van der Waals surface area contributed by atoms with Crippen LogP contribution >= 0.6 is 31.9 Å². The second-order valence-corrected chi connectivity index (χ2v) is 5.44. The fourth-order valence-electron chi connectivity index (χ4n) is 0.960. The molecule has 0 heterocycles. The summed E-state index contributed by atoms with van der Waals surface area (Å²) >= 11 is 4.99. The number of aryl methyl sites for hydroxylation is 1. The fraction of sp³-hybridized carbons (Fsp3) is 0.250. The number of hydrogen-bond donors (Lipinski definition) is 1. The van der Waals surface area contributed by atoms with Gasteiger partial charge in [0.2, 0.25) is 0 Å². The Kier molecular flexibility index (Phi) is 4.58. The SMILES string of the molecule is O=S(O)CCc1cc(Br)cc(Br)c1. The zero-order chi connectivity index (χ0) is 9.84. The molecule has 0 aliphatic heterocycles. The molecule has 72 valence electrons. The van der Waals surface area contributed by atoms with Crippen molar-refractivity contribution in [1.29, 1.82) is 0 Å². The topological polar surface area (TPSA) is 37.3 Å². The molecule has 1 unspecified atom stereocenters. The molecule has 0 amide bonds. The summed E-state index contributed by atoms with van der Waals surface area (Å²) in [6, 6.07) is 5.81. The van der Waals surface area contributed by atoms with Gasteiger partial charge >= 0.3 is 0 Å². The third-order valence-electron chi connectivity index (χ3n) is 1.49. The molecule has 1 atom stereocenters. The highest BCUT2D eigenvalue weighted by atomic mass is 79.9. The molecular formula is C8H8Br2O2S. The van der Waals surface area contributed by atoms with Gasteiger partial charge in [-0.1, -0.05) is 31.9 Å². The van der Waals surface area contributed by atoms with Gasteiger partial charge in [0.25, 0.3) is 0 Å². The molecule has 13 heavy (non-hydrogen) atoms. The minimum Gasteiger partial charge on any atom is -0.306 e. The first kappa shape index (κ1) is 11.4. The van der Waals surface area contributed by atoms with Crippen LogP contribution in [0.5, 0.6) is 0 Å². The van der Waals surface area contributed by atoms with Crippen molar-refractivity contribution in [1.82, 2.24) is 0 Å². The number of benzene rings is 1. The van der Waals surface area contributed by atoms with Gasteiger partial charge in [-0.25, -0.2) is 4.21 Å². The first-order valence-corrected chi connectivity index (χ1v) is 6.46. The first-order valence-electron chi connectivity index (χ1n) is 3.60. The Morgan fingerprint density at radius 3 is 2.23 bits per heavy atom. The van der Waals surface area contributed by atoms with Gasteiger partial charge in [0.1, 0.15) is 0 Å². The van der Waals surface area contributed by atoms with Crippen LogP contribution in [0, 0.1) is 0 Å². The Morgan fingerprint density at radius 2 is 1.77 bits per heavy atom. The van der Waals surface area contributed by atoms with Crippen molar-refractivity contribution < 1.29 is 8.76 Å². The molecule has 0 saturated carbocycles. The summed E-state index contributed by atoms with van der Waals surface area (Å²) < 4.78 is 21.0. The van der Waals surface area contributed by atoms with Crippen molar-refractivity contribution in [3.05, 3.63) is 32.7 Å². The largest absolute Gasteiger partial charge is 0.306 e. The summed E-state index contributed by atoms with van der Waals surface area (Å²) in [5.74, 6) is 0.281. The zero-order valence-electron chi connectivity index (χ0n) is 6.67. The normalized spacial score (nSPS) is 12.8. The molecule has 0 aliphatic carbocycles. The summed E-state index contributed by atoms with van der Waals surface area (Å²) in [6.45, 7) is 0. The molecule has 0 fully saturated rings. The van der Waals surface area contributed by atoms with E-state index in [0.717, 1.165) is 14.5 Å². The minimum absolute atomic E-state index is 0.281. The van der Waals surface area contributed by atoms with Crippen LogP contribution in [0.25, 0.3) is 0 Å². The monoisotopic (exact) mass is 326 g/mol. The lowest BCUT2D eigenvalue weighted by molar-refractivity contribution is 0.563. The van der Waals surface area contributed by atoms with E-state index in [9.17, 15) is 4.21 Å². The smallest absolute Gasteiger partial charge is 0.153 e. The third kappa shape index (κ3) is 4.35. The number of rotatable bonds is 3. The predicted octanol–water partition coefficient (Wildman–Crippen LogP) is 2.98. The van der Waals surface area contributed by atoms with Crippen molar-refractivity contribution in [2.75, 3.05) is 5.75 Å². The second-order valence-electron chi connectivity index (χ2n) is 2.55. The summed E-state index contributed by atoms with van der Waals surface area (Å²) in [7, 11) is 0. The molecule has 2 nitrogen and oxygen atoms in total. The Hall–Kier alpha value is 0.290. The predicted molar refractivity (Wildman–Crippen MR) is 61.2 cm³/mol. The van der Waals surface area contributed by atoms with Crippen LogP contribution in [0.3, 0.4) is 0 Å². The lowest BCUT2D eigenvalue weighted by Gasteiger charge is -2.01. The molecule has 1 aromatic rings. The minimum atomic E-state index is -1.71. The summed E-state index contributed by atoms with van der Waals surface area (Å²) in [4.78, 5) is 0. The lowest BCUT2D eigenvalue weighted by atomic mass is 10.2. The van der Waals surface area contributed by atoms with Crippen LogP contribution in [-0.4, -0.2) is 14.5 Å². The summed E-state index contributed by atoms with van der Waals surface area (Å²) in [6.07, 6.45) is 0.612. The number of halogens is 2. The number of hydrogen-bond acceptors (Lipinski definition) is 1. The Balaban J connectivity index is 2.71. The van der Waals surface area contributed by atoms with Gasteiger partial charge in [0.15, 0.2) is 11.1 Å². The second kappa shape index (κ2) is 5.24. The molecule has 1 rings (SSSR count). The first-order chi connectivity index (χ1) is 6.08. The van der Waals surface area contributed by atoms with E-state index in [2.05, 4.69) is 31.9 Å². The molecule has 1 N–H and O–H groups in total. The van der Waals surface area contributed by atoms with E-state index < -0.39 is 11.1 Å².